The van der Waals surface area contributed by atoms with Crippen LogP contribution < -0.4 is 5.56 Å². The van der Waals surface area contributed by atoms with Gasteiger partial charge < -0.3 is 4.57 Å². The molecule has 116 valence electrons. The van der Waals surface area contributed by atoms with Crippen LogP contribution in [0.4, 0.5) is 0 Å². The molecule has 23 heavy (non-hydrogen) atoms. The van der Waals surface area contributed by atoms with Crippen LogP contribution in [0.15, 0.2) is 59.4 Å². The van der Waals surface area contributed by atoms with Crippen molar-refractivity contribution in [3.8, 4) is 0 Å². The smallest absolute Gasteiger partial charge is 0.261 e. The zero-order chi connectivity index (χ0) is 16.4. The molecule has 0 unspecified atom stereocenters. The summed E-state index contributed by atoms with van der Waals surface area (Å²) in [6.45, 7) is 4.76. The molecule has 0 amide bonds. The summed E-state index contributed by atoms with van der Waals surface area (Å²) in [4.78, 5) is 23.7. The molecule has 0 fully saturated rings. The van der Waals surface area contributed by atoms with Crippen LogP contribution >= 0.6 is 0 Å². The number of rotatable bonds is 4. The Hall–Kier alpha value is -2.68. The first kappa shape index (κ1) is 15.2. The highest BCUT2D eigenvalue weighted by Gasteiger charge is 2.09. The number of para-hydroxylation sites is 1. The van der Waals surface area contributed by atoms with Gasteiger partial charge in [-0.05, 0) is 34.6 Å². The number of benzene rings is 2. The standard InChI is InChI=1S/C20H19NO2/c1-14(2)16-9-7-15(8-10-16)12-21-19-6-4-3-5-17(19)11-18(13-22)20(21)23/h3-11,13-14H,12H2,1-2H3. The minimum Gasteiger partial charge on any atom is -0.303 e. The average Bonchev–Trinajstić information content (AvgIpc) is 2.57. The zero-order valence-corrected chi connectivity index (χ0v) is 13.3. The fourth-order valence-electron chi connectivity index (χ4n) is 2.78. The maximum absolute atomic E-state index is 12.5. The van der Waals surface area contributed by atoms with Gasteiger partial charge in [-0.3, -0.25) is 9.59 Å². The first-order valence-electron chi connectivity index (χ1n) is 7.76. The van der Waals surface area contributed by atoms with Gasteiger partial charge in [0.05, 0.1) is 17.6 Å². The Morgan fingerprint density at radius 1 is 1.04 bits per heavy atom. The molecule has 0 N–H and O–H groups in total. The number of hydrogen-bond donors (Lipinski definition) is 0. The van der Waals surface area contributed by atoms with E-state index in [-0.39, 0.29) is 11.1 Å². The summed E-state index contributed by atoms with van der Waals surface area (Å²) in [5, 5.41) is 0.896. The lowest BCUT2D eigenvalue weighted by atomic mass is 10.0. The highest BCUT2D eigenvalue weighted by molar-refractivity contribution is 5.86. The molecular weight excluding hydrogens is 286 g/mol. The van der Waals surface area contributed by atoms with E-state index in [0.29, 0.717) is 18.7 Å². The second-order valence-corrected chi connectivity index (χ2v) is 6.06. The van der Waals surface area contributed by atoms with E-state index in [9.17, 15) is 9.59 Å². The van der Waals surface area contributed by atoms with Crippen LogP contribution in [0.1, 0.15) is 41.3 Å². The summed E-state index contributed by atoms with van der Waals surface area (Å²) in [5.74, 6) is 0.478. The predicted octanol–water partition coefficient (Wildman–Crippen LogP) is 3.99. The van der Waals surface area contributed by atoms with Crippen LogP contribution in [0.2, 0.25) is 0 Å². The minimum absolute atomic E-state index is 0.197. The lowest BCUT2D eigenvalue weighted by molar-refractivity contribution is 0.112. The van der Waals surface area contributed by atoms with Crippen LogP contribution in [-0.4, -0.2) is 10.9 Å². The van der Waals surface area contributed by atoms with Gasteiger partial charge in [0, 0.05) is 0 Å². The Morgan fingerprint density at radius 3 is 2.39 bits per heavy atom. The summed E-state index contributed by atoms with van der Waals surface area (Å²) in [5.41, 5.74) is 3.11. The molecule has 1 heterocycles. The number of nitrogens with zero attached hydrogens (tertiary/aromatic N) is 1. The van der Waals surface area contributed by atoms with Crippen LogP contribution in [0.3, 0.4) is 0 Å². The van der Waals surface area contributed by atoms with Crippen molar-refractivity contribution in [2.24, 2.45) is 0 Å². The van der Waals surface area contributed by atoms with E-state index in [2.05, 4.69) is 26.0 Å². The SMILES string of the molecule is CC(C)c1ccc(Cn2c(=O)c(C=O)cc3ccccc32)cc1. The Morgan fingerprint density at radius 2 is 1.74 bits per heavy atom. The van der Waals surface area contributed by atoms with E-state index in [1.165, 1.54) is 5.56 Å². The highest BCUT2D eigenvalue weighted by atomic mass is 16.1. The number of pyridine rings is 1. The van der Waals surface area contributed by atoms with Crippen LogP contribution in [0.25, 0.3) is 10.9 Å². The van der Waals surface area contributed by atoms with Crippen molar-refractivity contribution in [2.45, 2.75) is 26.3 Å². The maximum Gasteiger partial charge on any atom is 0.261 e. The molecule has 1 aromatic heterocycles. The number of carbonyl (C=O) groups excluding carboxylic acids is 1. The van der Waals surface area contributed by atoms with Crippen molar-refractivity contribution in [1.82, 2.24) is 4.57 Å². The Bertz CT molecular complexity index is 905. The van der Waals surface area contributed by atoms with Crippen molar-refractivity contribution in [3.63, 3.8) is 0 Å². The number of aromatic nitrogens is 1. The molecule has 0 atom stereocenters. The third-order valence-corrected chi connectivity index (χ3v) is 4.14. The van der Waals surface area contributed by atoms with Gasteiger partial charge >= 0.3 is 0 Å². The van der Waals surface area contributed by atoms with E-state index >= 15 is 0 Å². The van der Waals surface area contributed by atoms with E-state index in [1.807, 2.05) is 36.4 Å². The molecule has 0 aliphatic carbocycles. The summed E-state index contributed by atoms with van der Waals surface area (Å²) in [6, 6.07) is 17.6. The molecule has 3 nitrogen and oxygen atoms in total. The van der Waals surface area contributed by atoms with Gasteiger partial charge in [0.2, 0.25) is 0 Å². The van der Waals surface area contributed by atoms with Crippen LogP contribution in [0.5, 0.6) is 0 Å². The molecule has 0 saturated carbocycles. The molecule has 0 saturated heterocycles. The second kappa shape index (κ2) is 6.21. The quantitative estimate of drug-likeness (QED) is 0.684. The monoisotopic (exact) mass is 305 g/mol. The zero-order valence-electron chi connectivity index (χ0n) is 13.3. The Labute approximate surface area is 135 Å². The lowest BCUT2D eigenvalue weighted by Gasteiger charge is -2.12. The molecule has 0 bridgehead atoms. The largest absolute Gasteiger partial charge is 0.303 e. The normalized spacial score (nSPS) is 11.1. The second-order valence-electron chi connectivity index (χ2n) is 6.06. The topological polar surface area (TPSA) is 39.1 Å². The summed E-state index contributed by atoms with van der Waals surface area (Å²) in [6.07, 6.45) is 0.632. The minimum atomic E-state index is -0.244. The average molecular weight is 305 g/mol. The first-order valence-corrected chi connectivity index (χ1v) is 7.76. The summed E-state index contributed by atoms with van der Waals surface area (Å²) >= 11 is 0. The van der Waals surface area contributed by atoms with Gasteiger partial charge in [-0.1, -0.05) is 56.3 Å². The Kier molecular flexibility index (Phi) is 4.11. The number of hydrogen-bond acceptors (Lipinski definition) is 2. The van der Waals surface area contributed by atoms with Crippen molar-refractivity contribution >= 4 is 17.2 Å². The van der Waals surface area contributed by atoms with Crippen molar-refractivity contribution in [1.29, 1.82) is 0 Å². The van der Waals surface area contributed by atoms with E-state index in [4.69, 9.17) is 0 Å². The number of aldehydes is 1. The highest BCUT2D eigenvalue weighted by Crippen LogP contribution is 2.17. The van der Waals surface area contributed by atoms with Crippen LogP contribution in [0, 0.1) is 0 Å². The maximum atomic E-state index is 12.5. The van der Waals surface area contributed by atoms with Crippen molar-refractivity contribution in [2.75, 3.05) is 0 Å². The number of carbonyl (C=O) groups is 1. The molecular formula is C20H19NO2. The van der Waals surface area contributed by atoms with Gasteiger partial charge in [0.25, 0.3) is 5.56 Å². The number of fused-ring (bicyclic) bond motifs is 1. The summed E-state index contributed by atoms with van der Waals surface area (Å²) in [7, 11) is 0. The fourth-order valence-corrected chi connectivity index (χ4v) is 2.78. The molecule has 2 aromatic carbocycles. The fraction of sp³-hybridized carbons (Fsp3) is 0.200. The van der Waals surface area contributed by atoms with Crippen LogP contribution in [-0.2, 0) is 6.54 Å². The molecule has 0 aliphatic rings. The third-order valence-electron chi connectivity index (χ3n) is 4.14. The van der Waals surface area contributed by atoms with Gasteiger partial charge in [0.15, 0.2) is 6.29 Å². The van der Waals surface area contributed by atoms with Gasteiger partial charge in [-0.25, -0.2) is 0 Å². The molecule has 3 aromatic rings. The van der Waals surface area contributed by atoms with Gasteiger partial charge in [-0.2, -0.15) is 0 Å². The molecule has 0 aliphatic heterocycles. The van der Waals surface area contributed by atoms with Crippen molar-refractivity contribution < 1.29 is 4.79 Å². The molecule has 0 radical (unpaired) electrons. The summed E-state index contributed by atoms with van der Waals surface area (Å²) < 4.78 is 1.67. The van der Waals surface area contributed by atoms with E-state index < -0.39 is 0 Å². The van der Waals surface area contributed by atoms with Crippen molar-refractivity contribution in [3.05, 3.63) is 81.6 Å². The first-order chi connectivity index (χ1) is 11.1. The van der Waals surface area contributed by atoms with E-state index in [1.54, 1.807) is 10.6 Å². The molecule has 0 spiro atoms. The molecule has 3 rings (SSSR count). The lowest BCUT2D eigenvalue weighted by Crippen LogP contribution is -2.24. The van der Waals surface area contributed by atoms with Gasteiger partial charge in [0.1, 0.15) is 0 Å². The molecule has 3 heteroatoms. The Balaban J connectivity index is 2.10. The predicted molar refractivity (Wildman–Crippen MR) is 93.2 cm³/mol. The third kappa shape index (κ3) is 2.95. The van der Waals surface area contributed by atoms with E-state index in [0.717, 1.165) is 16.5 Å². The van der Waals surface area contributed by atoms with Gasteiger partial charge in [-0.15, -0.1) is 0 Å².